The minimum absolute atomic E-state index is 0.107. The van der Waals surface area contributed by atoms with E-state index in [1.165, 1.54) is 16.9 Å². The molecule has 0 aliphatic carbocycles. The Balaban J connectivity index is 2.20. The van der Waals surface area contributed by atoms with Crippen molar-refractivity contribution in [3.05, 3.63) is 29.8 Å². The van der Waals surface area contributed by atoms with Crippen LogP contribution in [0.5, 0.6) is 0 Å². The summed E-state index contributed by atoms with van der Waals surface area (Å²) in [6.45, 7) is 7.61. The molecule has 0 fully saturated rings. The molecule has 0 amide bonds. The SMILES string of the molecule is CCCNC(C)(CO)CCCCSc1cccc(C)c1. The van der Waals surface area contributed by atoms with E-state index in [-0.39, 0.29) is 12.1 Å². The summed E-state index contributed by atoms with van der Waals surface area (Å²) in [7, 11) is 0. The van der Waals surface area contributed by atoms with E-state index < -0.39 is 0 Å². The molecule has 0 radical (unpaired) electrons. The second-order valence-corrected chi connectivity index (χ2v) is 6.94. The van der Waals surface area contributed by atoms with Gasteiger partial charge in [0.05, 0.1) is 6.61 Å². The fraction of sp³-hybridized carbons (Fsp3) is 0.647. The van der Waals surface area contributed by atoms with Crippen LogP contribution in [0.15, 0.2) is 29.2 Å². The molecule has 0 saturated carbocycles. The molecular formula is C17H29NOS. The zero-order valence-electron chi connectivity index (χ0n) is 13.1. The molecule has 1 aromatic carbocycles. The lowest BCUT2D eigenvalue weighted by Gasteiger charge is -2.28. The van der Waals surface area contributed by atoms with Gasteiger partial charge >= 0.3 is 0 Å². The summed E-state index contributed by atoms with van der Waals surface area (Å²) in [5.74, 6) is 1.15. The van der Waals surface area contributed by atoms with Crippen LogP contribution in [0.1, 0.15) is 45.1 Å². The molecule has 0 heterocycles. The third-order valence-corrected chi connectivity index (χ3v) is 4.61. The van der Waals surface area contributed by atoms with Crippen molar-refractivity contribution >= 4 is 11.8 Å². The molecule has 2 N–H and O–H groups in total. The number of aliphatic hydroxyl groups excluding tert-OH is 1. The van der Waals surface area contributed by atoms with Gasteiger partial charge in [0.25, 0.3) is 0 Å². The lowest BCUT2D eigenvalue weighted by Crippen LogP contribution is -2.46. The molecule has 0 aromatic heterocycles. The van der Waals surface area contributed by atoms with Gasteiger partial charge in [0.1, 0.15) is 0 Å². The maximum atomic E-state index is 9.51. The molecule has 1 rings (SSSR count). The highest BCUT2D eigenvalue weighted by atomic mass is 32.2. The largest absolute Gasteiger partial charge is 0.394 e. The van der Waals surface area contributed by atoms with Crippen molar-refractivity contribution in [2.45, 2.75) is 56.9 Å². The van der Waals surface area contributed by atoms with Crippen molar-refractivity contribution in [1.82, 2.24) is 5.32 Å². The van der Waals surface area contributed by atoms with Gasteiger partial charge in [-0.3, -0.25) is 0 Å². The van der Waals surface area contributed by atoms with Crippen LogP contribution < -0.4 is 5.32 Å². The zero-order valence-corrected chi connectivity index (χ0v) is 13.9. The molecule has 0 bridgehead atoms. The predicted octanol–water partition coefficient (Wildman–Crippen LogP) is 4.01. The minimum atomic E-state index is -0.107. The number of benzene rings is 1. The van der Waals surface area contributed by atoms with Gasteiger partial charge in [-0.2, -0.15) is 0 Å². The Morgan fingerprint density at radius 2 is 2.10 bits per heavy atom. The highest BCUT2D eigenvalue weighted by Gasteiger charge is 2.21. The number of hydrogen-bond donors (Lipinski definition) is 2. The maximum Gasteiger partial charge on any atom is 0.0610 e. The summed E-state index contributed by atoms with van der Waals surface area (Å²) in [4.78, 5) is 1.36. The molecule has 0 spiro atoms. The Morgan fingerprint density at radius 3 is 2.75 bits per heavy atom. The number of hydrogen-bond acceptors (Lipinski definition) is 3. The monoisotopic (exact) mass is 295 g/mol. The molecule has 0 aliphatic heterocycles. The van der Waals surface area contributed by atoms with Crippen molar-refractivity contribution in [2.24, 2.45) is 0 Å². The van der Waals surface area contributed by atoms with Crippen molar-refractivity contribution in [3.8, 4) is 0 Å². The highest BCUT2D eigenvalue weighted by molar-refractivity contribution is 7.99. The lowest BCUT2D eigenvalue weighted by atomic mass is 9.96. The molecule has 114 valence electrons. The van der Waals surface area contributed by atoms with E-state index in [2.05, 4.69) is 50.4 Å². The Hall–Kier alpha value is -0.510. The first kappa shape index (κ1) is 17.5. The predicted molar refractivity (Wildman–Crippen MR) is 89.5 cm³/mol. The minimum Gasteiger partial charge on any atom is -0.394 e. The average molecular weight is 295 g/mol. The molecule has 1 unspecified atom stereocenters. The Morgan fingerprint density at radius 1 is 1.30 bits per heavy atom. The Labute approximate surface area is 128 Å². The zero-order chi connectivity index (χ0) is 14.8. The van der Waals surface area contributed by atoms with Crippen LogP contribution >= 0.6 is 11.8 Å². The van der Waals surface area contributed by atoms with E-state index in [9.17, 15) is 5.11 Å². The van der Waals surface area contributed by atoms with E-state index in [0.717, 1.165) is 31.6 Å². The van der Waals surface area contributed by atoms with Gasteiger partial charge in [-0.15, -0.1) is 11.8 Å². The van der Waals surface area contributed by atoms with Crippen molar-refractivity contribution in [3.63, 3.8) is 0 Å². The fourth-order valence-electron chi connectivity index (χ4n) is 2.16. The second kappa shape index (κ2) is 9.43. The van der Waals surface area contributed by atoms with Gasteiger partial charge in [-0.05, 0) is 57.5 Å². The van der Waals surface area contributed by atoms with Gasteiger partial charge in [-0.25, -0.2) is 0 Å². The molecule has 20 heavy (non-hydrogen) atoms. The van der Waals surface area contributed by atoms with Crippen molar-refractivity contribution < 1.29 is 5.11 Å². The van der Waals surface area contributed by atoms with Gasteiger partial charge in [-0.1, -0.05) is 31.0 Å². The van der Waals surface area contributed by atoms with Crippen LogP contribution in [0.2, 0.25) is 0 Å². The molecule has 1 atom stereocenters. The van der Waals surface area contributed by atoms with E-state index in [1.807, 2.05) is 11.8 Å². The standard InChI is InChI=1S/C17H29NOS/c1-4-11-18-17(3,14-19)10-5-6-12-20-16-9-7-8-15(2)13-16/h7-9,13,18-19H,4-6,10-12,14H2,1-3H3. The number of rotatable bonds is 10. The summed E-state index contributed by atoms with van der Waals surface area (Å²) < 4.78 is 0. The maximum absolute atomic E-state index is 9.51. The number of aliphatic hydroxyl groups is 1. The normalized spacial score (nSPS) is 14.2. The average Bonchev–Trinajstić information content (AvgIpc) is 2.45. The Kier molecular flexibility index (Phi) is 8.27. The second-order valence-electron chi connectivity index (χ2n) is 5.77. The Bertz CT molecular complexity index is 383. The third-order valence-electron chi connectivity index (χ3n) is 3.53. The topological polar surface area (TPSA) is 32.3 Å². The quantitative estimate of drug-likeness (QED) is 0.505. The number of unbranched alkanes of at least 4 members (excludes halogenated alkanes) is 1. The molecule has 0 aliphatic rings. The summed E-state index contributed by atoms with van der Waals surface area (Å²) in [6.07, 6.45) is 4.51. The van der Waals surface area contributed by atoms with Crippen LogP contribution in [-0.2, 0) is 0 Å². The summed E-state index contributed by atoms with van der Waals surface area (Å²) in [6, 6.07) is 8.68. The first-order chi connectivity index (χ1) is 9.59. The van der Waals surface area contributed by atoms with Gasteiger partial charge in [0.15, 0.2) is 0 Å². The third kappa shape index (κ3) is 6.78. The fourth-order valence-corrected chi connectivity index (χ4v) is 3.19. The number of nitrogens with one attached hydrogen (secondary N) is 1. The molecular weight excluding hydrogens is 266 g/mol. The summed E-state index contributed by atoms with van der Waals surface area (Å²) in [5, 5.41) is 13.0. The van der Waals surface area contributed by atoms with Crippen LogP contribution in [-0.4, -0.2) is 29.5 Å². The van der Waals surface area contributed by atoms with Crippen molar-refractivity contribution in [2.75, 3.05) is 18.9 Å². The first-order valence-corrected chi connectivity index (χ1v) is 8.63. The van der Waals surface area contributed by atoms with Gasteiger partial charge in [0.2, 0.25) is 0 Å². The summed E-state index contributed by atoms with van der Waals surface area (Å²) >= 11 is 1.93. The van der Waals surface area contributed by atoms with E-state index in [4.69, 9.17) is 0 Å². The van der Waals surface area contributed by atoms with E-state index >= 15 is 0 Å². The molecule has 2 nitrogen and oxygen atoms in total. The van der Waals surface area contributed by atoms with Gasteiger partial charge in [0, 0.05) is 10.4 Å². The van der Waals surface area contributed by atoms with Crippen LogP contribution in [0.4, 0.5) is 0 Å². The van der Waals surface area contributed by atoms with Crippen LogP contribution in [0.25, 0.3) is 0 Å². The van der Waals surface area contributed by atoms with E-state index in [0.29, 0.717) is 0 Å². The van der Waals surface area contributed by atoms with Gasteiger partial charge < -0.3 is 10.4 Å². The van der Waals surface area contributed by atoms with Crippen LogP contribution in [0, 0.1) is 6.92 Å². The highest BCUT2D eigenvalue weighted by Crippen LogP contribution is 2.21. The lowest BCUT2D eigenvalue weighted by molar-refractivity contribution is 0.163. The molecule has 0 saturated heterocycles. The summed E-state index contributed by atoms with van der Waals surface area (Å²) in [5.41, 5.74) is 1.22. The van der Waals surface area contributed by atoms with Crippen LogP contribution in [0.3, 0.4) is 0 Å². The molecule has 1 aromatic rings. The first-order valence-electron chi connectivity index (χ1n) is 7.65. The number of thioether (sulfide) groups is 1. The van der Waals surface area contributed by atoms with Crippen molar-refractivity contribution in [1.29, 1.82) is 0 Å². The molecule has 3 heteroatoms. The number of aryl methyl sites for hydroxylation is 1. The smallest absolute Gasteiger partial charge is 0.0610 e. The van der Waals surface area contributed by atoms with E-state index in [1.54, 1.807) is 0 Å².